The summed E-state index contributed by atoms with van der Waals surface area (Å²) in [4.78, 5) is 17.7. The van der Waals surface area contributed by atoms with E-state index in [4.69, 9.17) is 5.26 Å². The van der Waals surface area contributed by atoms with Crippen LogP contribution in [0.15, 0.2) is 82.7 Å². The summed E-state index contributed by atoms with van der Waals surface area (Å²) in [6.45, 7) is 0. The van der Waals surface area contributed by atoms with E-state index in [0.717, 1.165) is 5.56 Å². The highest BCUT2D eigenvalue weighted by Gasteiger charge is 2.16. The van der Waals surface area contributed by atoms with Crippen molar-refractivity contribution < 1.29 is 4.39 Å². The van der Waals surface area contributed by atoms with E-state index in [1.807, 2.05) is 18.2 Å². The van der Waals surface area contributed by atoms with Gasteiger partial charge in [-0.1, -0.05) is 48.2 Å². The number of nitrogens with zero attached hydrogens (tertiary/aromatic N) is 3. The third-order valence-corrected chi connectivity index (χ3v) is 5.27. The molecule has 1 heterocycles. The van der Waals surface area contributed by atoms with Gasteiger partial charge in [0.15, 0.2) is 5.16 Å². The highest BCUT2D eigenvalue weighted by atomic mass is 32.2. The van der Waals surface area contributed by atoms with Crippen LogP contribution in [-0.4, -0.2) is 9.55 Å². The summed E-state index contributed by atoms with van der Waals surface area (Å²) in [6, 6.07) is 22.5. The number of thioether (sulfide) groups is 1. The third-order valence-electron chi connectivity index (χ3n) is 4.26. The summed E-state index contributed by atoms with van der Waals surface area (Å²) in [5.74, 6) is 0.00406. The lowest BCUT2D eigenvalue weighted by Crippen LogP contribution is -2.22. The lowest BCUT2D eigenvalue weighted by Gasteiger charge is -2.14. The molecule has 0 saturated heterocycles. The molecule has 0 aliphatic carbocycles. The number of nitriles is 1. The van der Waals surface area contributed by atoms with Gasteiger partial charge in [0.05, 0.1) is 28.2 Å². The van der Waals surface area contributed by atoms with Crippen molar-refractivity contribution in [3.63, 3.8) is 0 Å². The molecule has 4 nitrogen and oxygen atoms in total. The summed E-state index contributed by atoms with van der Waals surface area (Å²) in [5, 5.41) is 9.90. The molecule has 0 unspecified atom stereocenters. The second kappa shape index (κ2) is 7.67. The predicted molar refractivity (Wildman–Crippen MR) is 108 cm³/mol. The maximum absolute atomic E-state index is 14.5. The van der Waals surface area contributed by atoms with Crippen molar-refractivity contribution in [2.24, 2.45) is 0 Å². The number of halogens is 1. The van der Waals surface area contributed by atoms with E-state index >= 15 is 0 Å². The number of hydrogen-bond acceptors (Lipinski definition) is 4. The number of rotatable bonds is 4. The Kier molecular flexibility index (Phi) is 4.92. The van der Waals surface area contributed by atoms with Crippen molar-refractivity contribution in [1.29, 1.82) is 5.26 Å². The average molecular weight is 387 g/mol. The molecule has 0 spiro atoms. The maximum atomic E-state index is 14.5. The van der Waals surface area contributed by atoms with Gasteiger partial charge in [-0.05, 0) is 42.0 Å². The standard InChI is InChI=1S/C22H14FN3OS/c23-18-9-2-4-11-20(18)26-21(27)17-8-1-3-10-19(17)25-22(26)28-14-16-7-5-6-15(12-16)13-24/h1-12H,14H2. The fourth-order valence-electron chi connectivity index (χ4n) is 2.93. The van der Waals surface area contributed by atoms with E-state index in [1.165, 1.54) is 22.4 Å². The minimum Gasteiger partial charge on any atom is -0.268 e. The van der Waals surface area contributed by atoms with Gasteiger partial charge in [-0.2, -0.15) is 5.26 Å². The highest BCUT2D eigenvalue weighted by molar-refractivity contribution is 7.98. The molecule has 0 aliphatic heterocycles. The Morgan fingerprint density at radius 1 is 1.04 bits per heavy atom. The molecule has 0 amide bonds. The van der Waals surface area contributed by atoms with Crippen molar-refractivity contribution in [2.75, 3.05) is 0 Å². The normalized spacial score (nSPS) is 10.7. The minimum atomic E-state index is -0.491. The Hall–Kier alpha value is -3.43. The second-order valence-corrected chi connectivity index (χ2v) is 7.05. The van der Waals surface area contributed by atoms with Crippen LogP contribution in [0.4, 0.5) is 4.39 Å². The number of benzene rings is 3. The van der Waals surface area contributed by atoms with E-state index in [9.17, 15) is 9.18 Å². The van der Waals surface area contributed by atoms with Crippen LogP contribution in [0.1, 0.15) is 11.1 Å². The Morgan fingerprint density at radius 3 is 2.64 bits per heavy atom. The lowest BCUT2D eigenvalue weighted by molar-refractivity contribution is 0.608. The van der Waals surface area contributed by atoms with Gasteiger partial charge >= 0.3 is 0 Å². The van der Waals surface area contributed by atoms with Crippen LogP contribution in [0, 0.1) is 17.1 Å². The van der Waals surface area contributed by atoms with Gasteiger partial charge in [0.1, 0.15) is 5.82 Å². The van der Waals surface area contributed by atoms with Crippen LogP contribution in [0.2, 0.25) is 0 Å². The van der Waals surface area contributed by atoms with Crippen molar-refractivity contribution in [2.45, 2.75) is 10.9 Å². The van der Waals surface area contributed by atoms with Crippen LogP contribution < -0.4 is 5.56 Å². The monoisotopic (exact) mass is 387 g/mol. The Bertz CT molecular complexity index is 1280. The van der Waals surface area contributed by atoms with E-state index in [1.54, 1.807) is 48.5 Å². The fourth-order valence-corrected chi connectivity index (χ4v) is 3.88. The SMILES string of the molecule is N#Cc1cccc(CSc2nc3ccccc3c(=O)n2-c2ccccc2F)c1. The summed E-state index contributed by atoms with van der Waals surface area (Å²) < 4.78 is 15.8. The average Bonchev–Trinajstić information content (AvgIpc) is 2.73. The molecule has 136 valence electrons. The molecule has 3 aromatic carbocycles. The Balaban J connectivity index is 1.84. The van der Waals surface area contributed by atoms with Gasteiger partial charge in [-0.15, -0.1) is 0 Å². The van der Waals surface area contributed by atoms with Gasteiger partial charge in [0, 0.05) is 5.75 Å². The summed E-state index contributed by atoms with van der Waals surface area (Å²) >= 11 is 1.33. The molecule has 0 radical (unpaired) electrons. The Labute approximate surface area is 164 Å². The van der Waals surface area contributed by atoms with Crippen molar-refractivity contribution in [3.05, 3.63) is 100 Å². The Morgan fingerprint density at radius 2 is 1.82 bits per heavy atom. The quantitative estimate of drug-likeness (QED) is 0.377. The lowest BCUT2D eigenvalue weighted by atomic mass is 10.2. The molecule has 0 aliphatic rings. The van der Waals surface area contributed by atoms with Crippen molar-refractivity contribution >= 4 is 22.7 Å². The molecular weight excluding hydrogens is 373 g/mol. The van der Waals surface area contributed by atoms with Crippen LogP contribution in [-0.2, 0) is 5.75 Å². The van der Waals surface area contributed by atoms with Gasteiger partial charge < -0.3 is 0 Å². The predicted octanol–water partition coefficient (Wildman–Crippen LogP) is 4.69. The maximum Gasteiger partial charge on any atom is 0.266 e. The van der Waals surface area contributed by atoms with E-state index < -0.39 is 5.82 Å². The van der Waals surface area contributed by atoms with E-state index in [-0.39, 0.29) is 11.2 Å². The number of aromatic nitrogens is 2. The largest absolute Gasteiger partial charge is 0.268 e. The van der Waals surface area contributed by atoms with Gasteiger partial charge in [0.25, 0.3) is 5.56 Å². The molecular formula is C22H14FN3OS. The molecule has 4 rings (SSSR count). The summed E-state index contributed by atoms with van der Waals surface area (Å²) in [7, 11) is 0. The molecule has 0 atom stereocenters. The molecule has 0 N–H and O–H groups in total. The summed E-state index contributed by atoms with van der Waals surface area (Å²) in [6.07, 6.45) is 0. The zero-order valence-corrected chi connectivity index (χ0v) is 15.5. The molecule has 4 aromatic rings. The molecule has 28 heavy (non-hydrogen) atoms. The van der Waals surface area contributed by atoms with Crippen LogP contribution in [0.3, 0.4) is 0 Å². The smallest absolute Gasteiger partial charge is 0.266 e. The van der Waals surface area contributed by atoms with Crippen molar-refractivity contribution in [3.8, 4) is 11.8 Å². The first-order valence-corrected chi connectivity index (χ1v) is 9.54. The fraction of sp³-hybridized carbons (Fsp3) is 0.0455. The zero-order valence-electron chi connectivity index (χ0n) is 14.7. The highest BCUT2D eigenvalue weighted by Crippen LogP contribution is 2.25. The van der Waals surface area contributed by atoms with Crippen LogP contribution >= 0.6 is 11.8 Å². The van der Waals surface area contributed by atoms with Gasteiger partial charge in [0.2, 0.25) is 0 Å². The topological polar surface area (TPSA) is 58.7 Å². The first-order chi connectivity index (χ1) is 13.7. The molecule has 1 aromatic heterocycles. The number of para-hydroxylation sites is 2. The first-order valence-electron chi connectivity index (χ1n) is 8.56. The van der Waals surface area contributed by atoms with Crippen LogP contribution in [0.25, 0.3) is 16.6 Å². The number of fused-ring (bicyclic) bond motifs is 1. The van der Waals surface area contributed by atoms with E-state index in [2.05, 4.69) is 11.1 Å². The molecule has 0 bridgehead atoms. The zero-order chi connectivity index (χ0) is 19.5. The molecule has 0 saturated carbocycles. The summed E-state index contributed by atoms with van der Waals surface area (Å²) in [5.41, 5.74) is 1.90. The second-order valence-electron chi connectivity index (χ2n) is 6.10. The van der Waals surface area contributed by atoms with Gasteiger partial charge in [-0.3, -0.25) is 9.36 Å². The van der Waals surface area contributed by atoms with E-state index in [0.29, 0.717) is 27.4 Å². The third kappa shape index (κ3) is 3.40. The molecule has 0 fully saturated rings. The van der Waals surface area contributed by atoms with Crippen molar-refractivity contribution in [1.82, 2.24) is 9.55 Å². The number of hydrogen-bond donors (Lipinski definition) is 0. The molecule has 6 heteroatoms. The minimum absolute atomic E-state index is 0.166. The van der Waals surface area contributed by atoms with Gasteiger partial charge in [-0.25, -0.2) is 9.37 Å². The first kappa shape index (κ1) is 18.0. The van der Waals surface area contributed by atoms with Crippen LogP contribution in [0.5, 0.6) is 0 Å².